The number of halogens is 5. The maximum absolute atomic E-state index is 12.8. The Bertz CT molecular complexity index is 256. The Morgan fingerprint density at radius 3 is 2.06 bits per heavy atom. The Labute approximate surface area is 89.1 Å². The van der Waals surface area contributed by atoms with Crippen LogP contribution < -0.4 is 0 Å². The SMILES string of the molecule is C=C(C)C(=O)OCC(F)C(F)C(F)C(F)F. The Hall–Kier alpha value is -1.14. The lowest BCUT2D eigenvalue weighted by Crippen LogP contribution is -2.36. The van der Waals surface area contributed by atoms with Gasteiger partial charge in [-0.05, 0) is 6.92 Å². The third kappa shape index (κ3) is 4.59. The Morgan fingerprint density at radius 2 is 1.69 bits per heavy atom. The number of carbonyl (C=O) groups is 1. The molecule has 0 N–H and O–H groups in total. The number of ether oxygens (including phenoxy) is 1. The van der Waals surface area contributed by atoms with Gasteiger partial charge in [0.25, 0.3) is 6.43 Å². The fourth-order valence-corrected chi connectivity index (χ4v) is 0.709. The van der Waals surface area contributed by atoms with Gasteiger partial charge >= 0.3 is 5.97 Å². The van der Waals surface area contributed by atoms with Gasteiger partial charge in [0.2, 0.25) is 0 Å². The molecule has 0 heterocycles. The Kier molecular flexibility index (Phi) is 5.98. The van der Waals surface area contributed by atoms with E-state index in [2.05, 4.69) is 11.3 Å². The third-order valence-electron chi connectivity index (χ3n) is 1.61. The highest BCUT2D eigenvalue weighted by Gasteiger charge is 2.36. The molecule has 2 nitrogen and oxygen atoms in total. The summed E-state index contributed by atoms with van der Waals surface area (Å²) in [7, 11) is 0. The van der Waals surface area contributed by atoms with E-state index in [0.717, 1.165) is 0 Å². The summed E-state index contributed by atoms with van der Waals surface area (Å²) in [6, 6.07) is 0. The van der Waals surface area contributed by atoms with Crippen LogP contribution in [0.5, 0.6) is 0 Å². The molecule has 0 radical (unpaired) electrons. The molecule has 0 bridgehead atoms. The predicted molar refractivity (Wildman–Crippen MR) is 46.5 cm³/mol. The van der Waals surface area contributed by atoms with Crippen LogP contribution in [0, 0.1) is 0 Å². The van der Waals surface area contributed by atoms with Gasteiger partial charge in [-0.3, -0.25) is 0 Å². The van der Waals surface area contributed by atoms with Crippen LogP contribution in [0.3, 0.4) is 0 Å². The minimum Gasteiger partial charge on any atom is -0.459 e. The van der Waals surface area contributed by atoms with Crippen molar-refractivity contribution in [3.8, 4) is 0 Å². The molecule has 0 aromatic carbocycles. The zero-order valence-electron chi connectivity index (χ0n) is 8.43. The normalized spacial score (nSPS) is 16.7. The van der Waals surface area contributed by atoms with Gasteiger partial charge in [0.1, 0.15) is 6.61 Å². The van der Waals surface area contributed by atoms with Gasteiger partial charge in [0, 0.05) is 5.57 Å². The Balaban J connectivity index is 4.11. The molecule has 0 aromatic rings. The van der Waals surface area contributed by atoms with Crippen LogP contribution in [0.15, 0.2) is 12.2 Å². The Morgan fingerprint density at radius 1 is 1.19 bits per heavy atom. The van der Waals surface area contributed by atoms with Crippen molar-refractivity contribution >= 4 is 5.97 Å². The summed E-state index contributed by atoms with van der Waals surface area (Å²) in [5.74, 6) is -0.998. The van der Waals surface area contributed by atoms with Crippen molar-refractivity contribution in [1.29, 1.82) is 0 Å². The summed E-state index contributed by atoms with van der Waals surface area (Å²) in [6.45, 7) is 3.29. The molecule has 0 aliphatic rings. The summed E-state index contributed by atoms with van der Waals surface area (Å²) in [4.78, 5) is 10.7. The fourth-order valence-electron chi connectivity index (χ4n) is 0.709. The van der Waals surface area contributed by atoms with Crippen molar-refractivity contribution in [2.75, 3.05) is 6.61 Å². The summed E-state index contributed by atoms with van der Waals surface area (Å²) in [5.41, 5.74) is -0.0618. The minimum atomic E-state index is -3.62. The van der Waals surface area contributed by atoms with E-state index in [0.29, 0.717) is 0 Å². The van der Waals surface area contributed by atoms with Gasteiger partial charge in [0.05, 0.1) is 0 Å². The van der Waals surface area contributed by atoms with E-state index in [-0.39, 0.29) is 5.57 Å². The predicted octanol–water partition coefficient (Wildman–Crippen LogP) is 2.39. The van der Waals surface area contributed by atoms with E-state index in [1.807, 2.05) is 0 Å². The average Bonchev–Trinajstić information content (AvgIpc) is 2.22. The fraction of sp³-hybridized carbons (Fsp3) is 0.667. The van der Waals surface area contributed by atoms with E-state index >= 15 is 0 Å². The van der Waals surface area contributed by atoms with Gasteiger partial charge < -0.3 is 4.74 Å². The van der Waals surface area contributed by atoms with Crippen molar-refractivity contribution in [2.45, 2.75) is 31.9 Å². The zero-order valence-corrected chi connectivity index (χ0v) is 8.43. The first-order valence-corrected chi connectivity index (χ1v) is 4.30. The molecule has 0 saturated carbocycles. The largest absolute Gasteiger partial charge is 0.459 e. The van der Waals surface area contributed by atoms with Gasteiger partial charge in [-0.15, -0.1) is 0 Å². The molecule has 0 aromatic heterocycles. The molecule has 16 heavy (non-hydrogen) atoms. The molecule has 0 aliphatic heterocycles. The highest BCUT2D eigenvalue weighted by molar-refractivity contribution is 5.86. The highest BCUT2D eigenvalue weighted by atomic mass is 19.3. The molecular weight excluding hydrogens is 235 g/mol. The maximum Gasteiger partial charge on any atom is 0.333 e. The molecule has 0 rings (SSSR count). The maximum atomic E-state index is 12.8. The first-order chi connectivity index (χ1) is 7.27. The van der Waals surface area contributed by atoms with Gasteiger partial charge in [-0.1, -0.05) is 6.58 Å². The number of carbonyl (C=O) groups excluding carboxylic acids is 1. The van der Waals surface area contributed by atoms with Gasteiger partial charge in [-0.25, -0.2) is 26.7 Å². The molecule has 3 unspecified atom stereocenters. The van der Waals surface area contributed by atoms with Crippen LogP contribution in [-0.4, -0.2) is 37.5 Å². The van der Waals surface area contributed by atoms with Crippen molar-refractivity contribution in [3.05, 3.63) is 12.2 Å². The van der Waals surface area contributed by atoms with E-state index < -0.39 is 37.5 Å². The summed E-state index contributed by atoms with van der Waals surface area (Å²) < 4.78 is 65.2. The van der Waals surface area contributed by atoms with E-state index in [4.69, 9.17) is 0 Å². The van der Waals surface area contributed by atoms with Crippen LogP contribution in [0.2, 0.25) is 0 Å². The van der Waals surface area contributed by atoms with Gasteiger partial charge in [-0.2, -0.15) is 0 Å². The highest BCUT2D eigenvalue weighted by Crippen LogP contribution is 2.18. The molecule has 0 fully saturated rings. The second-order valence-electron chi connectivity index (χ2n) is 3.12. The first kappa shape index (κ1) is 14.9. The first-order valence-electron chi connectivity index (χ1n) is 4.30. The lowest BCUT2D eigenvalue weighted by Gasteiger charge is -2.16. The van der Waals surface area contributed by atoms with Crippen molar-refractivity contribution in [2.24, 2.45) is 0 Å². The molecule has 3 atom stereocenters. The third-order valence-corrected chi connectivity index (χ3v) is 1.61. The monoisotopic (exact) mass is 246 g/mol. The molecular formula is C9H11F5O2. The molecule has 94 valence electrons. The number of hydrogen-bond donors (Lipinski definition) is 0. The quantitative estimate of drug-likeness (QED) is 0.408. The lowest BCUT2D eigenvalue weighted by molar-refractivity contribution is -0.142. The van der Waals surface area contributed by atoms with Crippen LogP contribution in [0.4, 0.5) is 22.0 Å². The van der Waals surface area contributed by atoms with Crippen LogP contribution in [0.25, 0.3) is 0 Å². The molecule has 0 amide bonds. The number of alkyl halides is 5. The standard InChI is InChI=1S/C9H11F5O2/c1-4(2)9(15)16-3-5(10)6(11)7(12)8(13)14/h5-8H,1,3H2,2H3. The second-order valence-corrected chi connectivity index (χ2v) is 3.12. The average molecular weight is 246 g/mol. The van der Waals surface area contributed by atoms with Crippen molar-refractivity contribution in [3.63, 3.8) is 0 Å². The smallest absolute Gasteiger partial charge is 0.333 e. The topological polar surface area (TPSA) is 26.3 Å². The van der Waals surface area contributed by atoms with Crippen LogP contribution in [-0.2, 0) is 9.53 Å². The number of rotatable bonds is 6. The summed E-state index contributed by atoms with van der Waals surface area (Å²) >= 11 is 0. The van der Waals surface area contributed by atoms with E-state index in [1.54, 1.807) is 0 Å². The number of hydrogen-bond acceptors (Lipinski definition) is 2. The molecule has 0 aliphatic carbocycles. The molecule has 7 heteroatoms. The van der Waals surface area contributed by atoms with Gasteiger partial charge in [0.15, 0.2) is 18.5 Å². The molecule has 0 saturated heterocycles. The van der Waals surface area contributed by atoms with Crippen molar-refractivity contribution in [1.82, 2.24) is 0 Å². The summed E-state index contributed by atoms with van der Waals surface area (Å²) in [5, 5.41) is 0. The van der Waals surface area contributed by atoms with Crippen LogP contribution in [0.1, 0.15) is 6.92 Å². The molecule has 0 spiro atoms. The lowest BCUT2D eigenvalue weighted by atomic mass is 10.1. The number of esters is 1. The van der Waals surface area contributed by atoms with Crippen LogP contribution >= 0.6 is 0 Å². The summed E-state index contributed by atoms with van der Waals surface area (Å²) in [6.07, 6.45) is -12.5. The second kappa shape index (κ2) is 6.44. The minimum absolute atomic E-state index is 0.0618. The van der Waals surface area contributed by atoms with E-state index in [9.17, 15) is 26.7 Å². The zero-order chi connectivity index (χ0) is 12.9. The van der Waals surface area contributed by atoms with Crippen molar-refractivity contribution < 1.29 is 31.5 Å². The van der Waals surface area contributed by atoms with E-state index in [1.165, 1.54) is 6.92 Å².